The Morgan fingerprint density at radius 2 is 1.90 bits per heavy atom. The lowest BCUT2D eigenvalue weighted by Gasteiger charge is -2.18. The van der Waals surface area contributed by atoms with Crippen LogP contribution < -0.4 is 10.2 Å². The SMILES string of the molecule is CC(=O)N(C)c1ccccc1C(=O)NCCCC(=O)O. The van der Waals surface area contributed by atoms with Gasteiger partial charge in [0.1, 0.15) is 0 Å². The molecular weight excluding hydrogens is 260 g/mol. The van der Waals surface area contributed by atoms with Gasteiger partial charge in [-0.15, -0.1) is 0 Å². The number of para-hydroxylation sites is 1. The first-order chi connectivity index (χ1) is 9.43. The second kappa shape index (κ2) is 7.28. The zero-order valence-electron chi connectivity index (χ0n) is 11.5. The third-order valence-electron chi connectivity index (χ3n) is 2.84. The first kappa shape index (κ1) is 15.7. The second-order valence-corrected chi connectivity index (χ2v) is 4.35. The van der Waals surface area contributed by atoms with Gasteiger partial charge in [0, 0.05) is 26.9 Å². The Kier molecular flexibility index (Phi) is 5.71. The highest BCUT2D eigenvalue weighted by atomic mass is 16.4. The Labute approximate surface area is 117 Å². The van der Waals surface area contributed by atoms with Crippen molar-refractivity contribution >= 4 is 23.5 Å². The van der Waals surface area contributed by atoms with Crippen LogP contribution in [-0.2, 0) is 9.59 Å². The number of benzene rings is 1. The molecule has 0 atom stereocenters. The van der Waals surface area contributed by atoms with Gasteiger partial charge in [0.2, 0.25) is 5.91 Å². The van der Waals surface area contributed by atoms with Gasteiger partial charge in [0.25, 0.3) is 5.91 Å². The number of hydrogen-bond donors (Lipinski definition) is 2. The molecule has 0 saturated heterocycles. The van der Waals surface area contributed by atoms with Gasteiger partial charge in [-0.05, 0) is 18.6 Å². The molecule has 0 aromatic heterocycles. The summed E-state index contributed by atoms with van der Waals surface area (Å²) in [7, 11) is 1.60. The molecule has 1 rings (SSSR count). The summed E-state index contributed by atoms with van der Waals surface area (Å²) in [6.45, 7) is 1.70. The molecule has 0 fully saturated rings. The fourth-order valence-corrected chi connectivity index (χ4v) is 1.66. The molecule has 108 valence electrons. The predicted octanol–water partition coefficient (Wildman–Crippen LogP) is 1.26. The van der Waals surface area contributed by atoms with E-state index in [9.17, 15) is 14.4 Å². The Hall–Kier alpha value is -2.37. The molecule has 0 aliphatic rings. The average Bonchev–Trinajstić information content (AvgIpc) is 2.42. The van der Waals surface area contributed by atoms with Crippen molar-refractivity contribution in [1.29, 1.82) is 0 Å². The summed E-state index contributed by atoms with van der Waals surface area (Å²) in [5.41, 5.74) is 0.913. The quantitative estimate of drug-likeness (QED) is 0.767. The van der Waals surface area contributed by atoms with Gasteiger partial charge < -0.3 is 15.3 Å². The summed E-state index contributed by atoms with van der Waals surface area (Å²) in [5, 5.41) is 11.2. The number of nitrogens with one attached hydrogen (secondary N) is 1. The van der Waals surface area contributed by atoms with Crippen molar-refractivity contribution in [3.63, 3.8) is 0 Å². The standard InChI is InChI=1S/C14H18N2O4/c1-10(17)16(2)12-7-4-3-6-11(12)14(20)15-9-5-8-13(18)19/h3-4,6-7H,5,8-9H2,1-2H3,(H,15,20)(H,18,19). The lowest BCUT2D eigenvalue weighted by Crippen LogP contribution is -2.29. The second-order valence-electron chi connectivity index (χ2n) is 4.35. The molecule has 0 spiro atoms. The number of anilines is 1. The molecule has 20 heavy (non-hydrogen) atoms. The minimum absolute atomic E-state index is 0.00920. The normalized spacial score (nSPS) is 9.90. The summed E-state index contributed by atoms with van der Waals surface area (Å²) in [6.07, 6.45) is 0.376. The van der Waals surface area contributed by atoms with Crippen LogP contribution in [0, 0.1) is 0 Å². The van der Waals surface area contributed by atoms with Crippen LogP contribution >= 0.6 is 0 Å². The summed E-state index contributed by atoms with van der Waals surface area (Å²) in [6, 6.07) is 6.77. The molecule has 0 saturated carbocycles. The van der Waals surface area contributed by atoms with E-state index >= 15 is 0 Å². The fraction of sp³-hybridized carbons (Fsp3) is 0.357. The number of amides is 2. The maximum absolute atomic E-state index is 12.0. The van der Waals surface area contributed by atoms with E-state index in [1.807, 2.05) is 0 Å². The number of rotatable bonds is 6. The summed E-state index contributed by atoms with van der Waals surface area (Å²) >= 11 is 0. The van der Waals surface area contributed by atoms with Crippen LogP contribution in [0.2, 0.25) is 0 Å². The van der Waals surface area contributed by atoms with E-state index < -0.39 is 5.97 Å². The van der Waals surface area contributed by atoms with Crippen molar-refractivity contribution < 1.29 is 19.5 Å². The van der Waals surface area contributed by atoms with Gasteiger partial charge in [-0.3, -0.25) is 14.4 Å². The lowest BCUT2D eigenvalue weighted by molar-refractivity contribution is -0.137. The highest BCUT2D eigenvalue weighted by Gasteiger charge is 2.15. The maximum atomic E-state index is 12.0. The number of carboxylic acid groups (broad SMARTS) is 1. The molecule has 6 nitrogen and oxygen atoms in total. The van der Waals surface area contributed by atoms with Crippen LogP contribution in [0.5, 0.6) is 0 Å². The summed E-state index contributed by atoms with van der Waals surface area (Å²) < 4.78 is 0. The molecule has 1 aromatic carbocycles. The van der Waals surface area contributed by atoms with Gasteiger partial charge in [-0.25, -0.2) is 0 Å². The largest absolute Gasteiger partial charge is 0.481 e. The van der Waals surface area contributed by atoms with Crippen LogP contribution in [0.25, 0.3) is 0 Å². The predicted molar refractivity (Wildman–Crippen MR) is 74.7 cm³/mol. The number of nitrogens with zero attached hydrogens (tertiary/aromatic N) is 1. The minimum atomic E-state index is -0.893. The van der Waals surface area contributed by atoms with Crippen LogP contribution in [0.15, 0.2) is 24.3 Å². The molecule has 0 bridgehead atoms. The van der Waals surface area contributed by atoms with Gasteiger partial charge in [-0.1, -0.05) is 12.1 Å². The summed E-state index contributed by atoms with van der Waals surface area (Å²) in [5.74, 6) is -1.38. The van der Waals surface area contributed by atoms with E-state index in [2.05, 4.69) is 5.32 Å². The van der Waals surface area contributed by atoms with E-state index in [4.69, 9.17) is 5.11 Å². The third kappa shape index (κ3) is 4.38. The highest BCUT2D eigenvalue weighted by Crippen LogP contribution is 2.19. The van der Waals surface area contributed by atoms with Gasteiger partial charge in [0.05, 0.1) is 11.3 Å². The Morgan fingerprint density at radius 3 is 2.50 bits per heavy atom. The third-order valence-corrected chi connectivity index (χ3v) is 2.84. The van der Waals surface area contributed by atoms with Gasteiger partial charge >= 0.3 is 5.97 Å². The van der Waals surface area contributed by atoms with E-state index in [0.717, 1.165) is 0 Å². The molecule has 0 aliphatic heterocycles. The first-order valence-corrected chi connectivity index (χ1v) is 6.26. The van der Waals surface area contributed by atoms with E-state index in [0.29, 0.717) is 17.7 Å². The van der Waals surface area contributed by atoms with E-state index in [-0.39, 0.29) is 24.8 Å². The smallest absolute Gasteiger partial charge is 0.303 e. The molecule has 2 N–H and O–H groups in total. The topological polar surface area (TPSA) is 86.7 Å². The van der Waals surface area contributed by atoms with E-state index in [1.165, 1.54) is 11.8 Å². The molecule has 0 heterocycles. The highest BCUT2D eigenvalue weighted by molar-refractivity contribution is 6.04. The zero-order chi connectivity index (χ0) is 15.1. The van der Waals surface area contributed by atoms with Gasteiger partial charge in [-0.2, -0.15) is 0 Å². The molecule has 0 radical (unpaired) electrons. The molecule has 0 unspecified atom stereocenters. The van der Waals surface area contributed by atoms with Crippen LogP contribution in [0.4, 0.5) is 5.69 Å². The molecular formula is C14H18N2O4. The van der Waals surface area contributed by atoms with Crippen molar-refractivity contribution in [1.82, 2.24) is 5.32 Å². The van der Waals surface area contributed by atoms with Gasteiger partial charge in [0.15, 0.2) is 0 Å². The van der Waals surface area contributed by atoms with E-state index in [1.54, 1.807) is 31.3 Å². The van der Waals surface area contributed by atoms with Crippen LogP contribution in [-0.4, -0.2) is 36.5 Å². The molecule has 2 amide bonds. The van der Waals surface area contributed by atoms with Crippen molar-refractivity contribution in [3.05, 3.63) is 29.8 Å². The maximum Gasteiger partial charge on any atom is 0.303 e. The number of carboxylic acids is 1. The van der Waals surface area contributed by atoms with Crippen LogP contribution in [0.1, 0.15) is 30.1 Å². The minimum Gasteiger partial charge on any atom is -0.481 e. The average molecular weight is 278 g/mol. The Morgan fingerprint density at radius 1 is 1.25 bits per heavy atom. The Bertz CT molecular complexity index is 514. The van der Waals surface area contributed by atoms with Crippen molar-refractivity contribution in [2.45, 2.75) is 19.8 Å². The van der Waals surface area contributed by atoms with Crippen molar-refractivity contribution in [2.75, 3.05) is 18.5 Å². The molecule has 6 heteroatoms. The number of aliphatic carboxylic acids is 1. The Balaban J connectivity index is 2.73. The lowest BCUT2D eigenvalue weighted by atomic mass is 10.1. The molecule has 1 aromatic rings. The zero-order valence-corrected chi connectivity index (χ0v) is 11.5. The van der Waals surface area contributed by atoms with Crippen molar-refractivity contribution in [2.24, 2.45) is 0 Å². The number of hydrogen-bond acceptors (Lipinski definition) is 3. The van der Waals surface area contributed by atoms with Crippen LogP contribution in [0.3, 0.4) is 0 Å². The number of carbonyl (C=O) groups is 3. The molecule has 0 aliphatic carbocycles. The monoisotopic (exact) mass is 278 g/mol. The summed E-state index contributed by atoms with van der Waals surface area (Å²) in [4.78, 5) is 35.2. The first-order valence-electron chi connectivity index (χ1n) is 6.26. The number of carbonyl (C=O) groups excluding carboxylic acids is 2. The fourth-order valence-electron chi connectivity index (χ4n) is 1.66. The van der Waals surface area contributed by atoms with Crippen molar-refractivity contribution in [3.8, 4) is 0 Å².